The summed E-state index contributed by atoms with van der Waals surface area (Å²) in [4.78, 5) is 0. The molecule has 0 radical (unpaired) electrons. The summed E-state index contributed by atoms with van der Waals surface area (Å²) in [6, 6.07) is 21.7. The first-order valence-electron chi connectivity index (χ1n) is 15.2. The summed E-state index contributed by atoms with van der Waals surface area (Å²) in [5, 5.41) is 0. The van der Waals surface area contributed by atoms with Crippen LogP contribution in [0.1, 0.15) is 108 Å². The minimum atomic E-state index is -2.68. The molecule has 0 aromatic heterocycles. The van der Waals surface area contributed by atoms with Crippen molar-refractivity contribution in [1.29, 1.82) is 0 Å². The molecule has 0 saturated heterocycles. The molecule has 0 heterocycles. The van der Waals surface area contributed by atoms with Crippen LogP contribution in [0, 0.1) is 17.2 Å². The van der Waals surface area contributed by atoms with E-state index in [9.17, 15) is 4.39 Å². The van der Waals surface area contributed by atoms with Crippen LogP contribution in [0.15, 0.2) is 81.2 Å². The number of hydrogen-bond acceptors (Lipinski definition) is 0. The fourth-order valence-corrected chi connectivity index (χ4v) is 15.4. The van der Waals surface area contributed by atoms with E-state index < -0.39 is 21.3 Å². The third-order valence-electron chi connectivity index (χ3n) is 9.05. The van der Waals surface area contributed by atoms with Gasteiger partial charge in [-0.05, 0) is 0 Å². The van der Waals surface area contributed by atoms with E-state index in [2.05, 4.69) is 122 Å². The van der Waals surface area contributed by atoms with E-state index in [1.165, 1.54) is 44.5 Å². The fourth-order valence-electron chi connectivity index (χ4n) is 6.82. The normalized spacial score (nSPS) is 16.8. The van der Waals surface area contributed by atoms with Gasteiger partial charge in [-0.1, -0.05) is 0 Å². The molecule has 2 aliphatic carbocycles. The van der Waals surface area contributed by atoms with Gasteiger partial charge < -0.3 is 24.8 Å². The van der Waals surface area contributed by atoms with Gasteiger partial charge in [-0.15, -0.1) is 0 Å². The van der Waals surface area contributed by atoms with E-state index in [1.807, 2.05) is 12.1 Å². The largest absolute Gasteiger partial charge is 1.00 e. The van der Waals surface area contributed by atoms with Crippen LogP contribution in [0.3, 0.4) is 0 Å². The van der Waals surface area contributed by atoms with Gasteiger partial charge in [0.15, 0.2) is 0 Å². The van der Waals surface area contributed by atoms with Gasteiger partial charge in [-0.2, -0.15) is 0 Å². The predicted molar refractivity (Wildman–Crippen MR) is 172 cm³/mol. The monoisotopic (exact) mass is 694 g/mol. The Morgan fingerprint density at radius 1 is 0.674 bits per heavy atom. The van der Waals surface area contributed by atoms with Crippen LogP contribution in [0.25, 0.3) is 11.1 Å². The number of fused-ring (bicyclic) bond motifs is 3. The molecule has 0 aliphatic heterocycles. The zero-order chi connectivity index (χ0) is 30.1. The molecule has 5 rings (SSSR count). The summed E-state index contributed by atoms with van der Waals surface area (Å²) in [6.45, 7) is 25.7. The van der Waals surface area contributed by atoms with Gasteiger partial charge in [-0.3, -0.25) is 0 Å². The van der Waals surface area contributed by atoms with Crippen molar-refractivity contribution in [3.63, 3.8) is 0 Å². The maximum Gasteiger partial charge on any atom is -1.00 e. The van der Waals surface area contributed by atoms with Gasteiger partial charge in [0.25, 0.3) is 0 Å². The Morgan fingerprint density at radius 2 is 1.14 bits per heavy atom. The topological polar surface area (TPSA) is 0 Å². The smallest absolute Gasteiger partial charge is 1.00 e. The summed E-state index contributed by atoms with van der Waals surface area (Å²) in [7, 11) is 0. The van der Waals surface area contributed by atoms with Crippen molar-refractivity contribution in [1.82, 2.24) is 0 Å². The van der Waals surface area contributed by atoms with Crippen molar-refractivity contribution in [2.75, 3.05) is 0 Å². The first-order chi connectivity index (χ1) is 19.0. The van der Waals surface area contributed by atoms with Crippen LogP contribution in [0.5, 0.6) is 0 Å². The Balaban J connectivity index is 0.00000253. The molecular weight excluding hydrogens is 650 g/mol. The predicted octanol–water partition coefficient (Wildman–Crippen LogP) is 4.86. The molecule has 2 aliphatic rings. The first-order valence-corrected chi connectivity index (χ1v) is 19.2. The van der Waals surface area contributed by atoms with Crippen molar-refractivity contribution >= 4 is 3.71 Å². The van der Waals surface area contributed by atoms with Crippen LogP contribution in [-0.4, -0.2) is 3.71 Å². The zero-order valence-corrected chi connectivity index (χ0v) is 31.7. The summed E-state index contributed by atoms with van der Waals surface area (Å²) in [5.41, 5.74) is 13.0. The quantitative estimate of drug-likeness (QED) is 0.367. The number of hydrogen-bond donors (Lipinski definition) is 0. The molecule has 3 aromatic rings. The second-order valence-electron chi connectivity index (χ2n) is 15.3. The van der Waals surface area contributed by atoms with Crippen LogP contribution >= 0.6 is 0 Å². The number of halogens is 3. The van der Waals surface area contributed by atoms with Gasteiger partial charge in [0.2, 0.25) is 0 Å². The van der Waals surface area contributed by atoms with Crippen molar-refractivity contribution < 1.29 is 50.5 Å². The molecule has 0 spiro atoms. The minimum absolute atomic E-state index is 0. The van der Waals surface area contributed by atoms with Crippen LogP contribution in [-0.2, 0) is 32.1 Å². The summed E-state index contributed by atoms with van der Waals surface area (Å²) >= 11 is -2.68. The molecule has 3 aromatic carbocycles. The fraction of sp³-hybridized carbons (Fsp3) is 0.410. The van der Waals surface area contributed by atoms with Crippen molar-refractivity contribution in [3.05, 3.63) is 115 Å². The molecule has 228 valence electrons. The maximum atomic E-state index is 14.0. The van der Waals surface area contributed by atoms with E-state index in [0.29, 0.717) is 9.54 Å². The molecule has 1 atom stereocenters. The third kappa shape index (κ3) is 6.98. The number of benzene rings is 3. The Labute approximate surface area is 280 Å². The van der Waals surface area contributed by atoms with Gasteiger partial charge in [-0.25, -0.2) is 0 Å². The Kier molecular flexibility index (Phi) is 10.6. The van der Waals surface area contributed by atoms with E-state index in [0.717, 1.165) is 5.56 Å². The molecular formula is C39H47Cl2FZr. The van der Waals surface area contributed by atoms with E-state index in [-0.39, 0.29) is 46.9 Å². The Bertz CT molecular complexity index is 1540. The molecule has 0 fully saturated rings. The second kappa shape index (κ2) is 12.7. The molecule has 0 amide bonds. The van der Waals surface area contributed by atoms with Crippen molar-refractivity contribution in [2.45, 2.75) is 90.6 Å². The zero-order valence-electron chi connectivity index (χ0n) is 27.7. The molecule has 0 nitrogen and oxygen atoms in total. The third-order valence-corrected chi connectivity index (χ3v) is 17.3. The average Bonchev–Trinajstić information content (AvgIpc) is 3.35. The summed E-state index contributed by atoms with van der Waals surface area (Å²) in [6.07, 6.45) is 2.54. The second-order valence-corrected chi connectivity index (χ2v) is 21.0. The van der Waals surface area contributed by atoms with Crippen molar-refractivity contribution in [3.8, 4) is 11.1 Å². The molecule has 0 N–H and O–H groups in total. The molecule has 0 saturated carbocycles. The van der Waals surface area contributed by atoms with Crippen LogP contribution in [0.4, 0.5) is 4.39 Å². The van der Waals surface area contributed by atoms with Gasteiger partial charge >= 0.3 is 257 Å². The van der Waals surface area contributed by atoms with Crippen LogP contribution in [0.2, 0.25) is 0 Å². The molecule has 0 bridgehead atoms. The van der Waals surface area contributed by atoms with Gasteiger partial charge in [0.05, 0.1) is 0 Å². The van der Waals surface area contributed by atoms with E-state index in [4.69, 9.17) is 0 Å². The summed E-state index contributed by atoms with van der Waals surface area (Å²) < 4.78 is 18.7. The van der Waals surface area contributed by atoms with Gasteiger partial charge in [0.1, 0.15) is 0 Å². The van der Waals surface area contributed by atoms with Crippen LogP contribution < -0.4 is 24.8 Å². The Hall–Kier alpha value is -1.60. The Morgan fingerprint density at radius 3 is 1.53 bits per heavy atom. The average molecular weight is 697 g/mol. The van der Waals surface area contributed by atoms with Crippen molar-refractivity contribution in [2.24, 2.45) is 11.3 Å². The first kappa shape index (κ1) is 35.9. The molecule has 43 heavy (non-hydrogen) atoms. The van der Waals surface area contributed by atoms with E-state index >= 15 is 0 Å². The molecule has 1 unspecified atom stereocenters. The number of rotatable bonds is 3. The van der Waals surface area contributed by atoms with Gasteiger partial charge in [0, 0.05) is 0 Å². The summed E-state index contributed by atoms with van der Waals surface area (Å²) in [5.74, 6) is 0.245. The van der Waals surface area contributed by atoms with E-state index in [1.54, 1.807) is 15.4 Å². The minimum Gasteiger partial charge on any atom is -1.00 e. The number of allylic oxidation sites excluding steroid dienone is 4. The maximum absolute atomic E-state index is 14.0. The molecule has 4 heteroatoms. The SMILES string of the molecule is CC1=[C](/[Zr+2](=[CH]\c2ccc(F)cc2)[CH]2c3cc(C(C)(C)C)ccc3-c3ccc(C(C)(C)C)cc32)C(C)C=C1C(C)(C)C.[Cl-].[Cl-]. The standard InChI is InChI=1S/C21H25.C11H17.C7H5F.2ClH.Zr/c1-20(2,3)16-7-9-18-14(12-16)11-15-13-17(21(4,5)6)8-10-19(15)18;1-8-6-9(2)10(7-8)11(3,4)5;1-6-2-4-7(8)5-3-6;;;/h7-13H,1-6H3;7-8H,1-5H3;1-5H;2*1H;/q;;;;;+2/p-2.